The number of anilines is 1. The summed E-state index contributed by atoms with van der Waals surface area (Å²) < 4.78 is 0. The number of benzene rings is 1. The Balaban J connectivity index is 2.40. The van der Waals surface area contributed by atoms with Crippen LogP contribution < -0.4 is 10.2 Å². The number of nitrogens with zero attached hydrogens (tertiary/aromatic N) is 1. The maximum atomic E-state index is 12.5. The molecule has 0 fully saturated rings. The minimum Gasteiger partial charge on any atom is -0.341 e. The Hall–Kier alpha value is -1.36. The van der Waals surface area contributed by atoms with Crippen LogP contribution in [0.3, 0.4) is 0 Å². The molecule has 102 valence electrons. The van der Waals surface area contributed by atoms with Crippen LogP contribution in [0, 0.1) is 6.92 Å². The number of fused-ring (bicyclic) bond motifs is 1. The molecule has 0 radical (unpaired) electrons. The summed E-state index contributed by atoms with van der Waals surface area (Å²) in [6.07, 6.45) is 0.881. The molecule has 1 aromatic rings. The highest BCUT2D eigenvalue weighted by Gasteiger charge is 2.38. The van der Waals surface area contributed by atoms with Crippen LogP contribution in [0.15, 0.2) is 18.2 Å². The van der Waals surface area contributed by atoms with E-state index in [0.29, 0.717) is 6.54 Å². The number of carbonyl (C=O) groups is 2. The van der Waals surface area contributed by atoms with Crippen LogP contribution in [0.25, 0.3) is 0 Å². The molecule has 19 heavy (non-hydrogen) atoms. The number of hydrogen-bond acceptors (Lipinski definition) is 2. The van der Waals surface area contributed by atoms with Gasteiger partial charge in [0.25, 0.3) is 5.91 Å². The first-order valence-electron chi connectivity index (χ1n) is 6.30. The predicted octanol–water partition coefficient (Wildman–Crippen LogP) is 2.30. The lowest BCUT2D eigenvalue weighted by molar-refractivity contribution is -0.126. The van der Waals surface area contributed by atoms with Crippen molar-refractivity contribution in [2.75, 3.05) is 16.8 Å². The van der Waals surface area contributed by atoms with Crippen molar-refractivity contribution in [1.82, 2.24) is 5.32 Å². The average molecular weight is 325 g/mol. The van der Waals surface area contributed by atoms with E-state index in [0.717, 1.165) is 28.6 Å². The van der Waals surface area contributed by atoms with Crippen molar-refractivity contribution in [2.24, 2.45) is 0 Å². The summed E-state index contributed by atoms with van der Waals surface area (Å²) in [5.74, 6) is -0.228. The van der Waals surface area contributed by atoms with E-state index in [1.165, 1.54) is 6.92 Å². The van der Waals surface area contributed by atoms with Crippen LogP contribution in [0.5, 0.6) is 0 Å². The number of rotatable bonds is 4. The van der Waals surface area contributed by atoms with Gasteiger partial charge in [-0.05, 0) is 18.9 Å². The molecule has 0 aliphatic carbocycles. The van der Waals surface area contributed by atoms with Gasteiger partial charge in [-0.25, -0.2) is 0 Å². The molecule has 1 unspecified atom stereocenters. The van der Waals surface area contributed by atoms with Crippen LogP contribution in [0.4, 0.5) is 5.69 Å². The maximum absolute atomic E-state index is 12.5. The molecule has 0 spiro atoms. The molecule has 0 bridgehead atoms. The minimum atomic E-state index is -0.539. The molecule has 0 saturated heterocycles. The van der Waals surface area contributed by atoms with Crippen molar-refractivity contribution in [1.29, 1.82) is 0 Å². The summed E-state index contributed by atoms with van der Waals surface area (Å²) in [5, 5.41) is 3.59. The first kappa shape index (κ1) is 14.1. The highest BCUT2D eigenvalue weighted by Crippen LogP contribution is 2.38. The number of para-hydroxylation sites is 1. The summed E-state index contributed by atoms with van der Waals surface area (Å²) in [4.78, 5) is 25.5. The van der Waals surface area contributed by atoms with E-state index in [2.05, 4.69) is 21.2 Å². The molecule has 5 heteroatoms. The van der Waals surface area contributed by atoms with Crippen molar-refractivity contribution in [2.45, 2.75) is 26.3 Å². The van der Waals surface area contributed by atoms with Gasteiger partial charge in [-0.15, -0.1) is 0 Å². The second kappa shape index (κ2) is 5.74. The Bertz CT molecular complexity index is 516. The molecular weight excluding hydrogens is 308 g/mol. The second-order valence-electron chi connectivity index (χ2n) is 4.68. The van der Waals surface area contributed by atoms with Gasteiger partial charge in [0.05, 0.1) is 5.69 Å². The van der Waals surface area contributed by atoms with Gasteiger partial charge in [0, 0.05) is 24.4 Å². The van der Waals surface area contributed by atoms with Crippen LogP contribution >= 0.6 is 15.9 Å². The third kappa shape index (κ3) is 2.66. The number of halogens is 1. The zero-order valence-electron chi connectivity index (χ0n) is 11.1. The van der Waals surface area contributed by atoms with Crippen molar-refractivity contribution < 1.29 is 9.59 Å². The summed E-state index contributed by atoms with van der Waals surface area (Å²) in [6, 6.07) is 5.28. The summed E-state index contributed by atoms with van der Waals surface area (Å²) in [7, 11) is 0. The topological polar surface area (TPSA) is 49.4 Å². The van der Waals surface area contributed by atoms with E-state index in [-0.39, 0.29) is 11.8 Å². The number of nitrogens with one attached hydrogen (secondary N) is 1. The lowest BCUT2D eigenvalue weighted by Crippen LogP contribution is -2.37. The Kier molecular flexibility index (Phi) is 4.24. The SMILES string of the molecule is CC(=O)NC1C(=O)N(CCCBr)c2c(C)cccc21. The third-order valence-corrected chi connectivity index (χ3v) is 3.79. The van der Waals surface area contributed by atoms with Gasteiger partial charge in [-0.2, -0.15) is 0 Å². The van der Waals surface area contributed by atoms with E-state index in [1.54, 1.807) is 4.90 Å². The average Bonchev–Trinajstić information content (AvgIpc) is 2.62. The van der Waals surface area contributed by atoms with E-state index >= 15 is 0 Å². The fourth-order valence-corrected chi connectivity index (χ4v) is 2.72. The first-order chi connectivity index (χ1) is 9.06. The number of hydrogen-bond donors (Lipinski definition) is 1. The molecule has 1 N–H and O–H groups in total. The Morgan fingerprint density at radius 3 is 2.84 bits per heavy atom. The normalized spacial score (nSPS) is 17.5. The Morgan fingerprint density at radius 1 is 1.47 bits per heavy atom. The van der Waals surface area contributed by atoms with Gasteiger partial charge >= 0.3 is 0 Å². The highest BCUT2D eigenvalue weighted by atomic mass is 79.9. The molecular formula is C14H17BrN2O2. The van der Waals surface area contributed by atoms with Crippen molar-refractivity contribution in [3.63, 3.8) is 0 Å². The maximum Gasteiger partial charge on any atom is 0.254 e. The molecule has 1 aliphatic rings. The third-order valence-electron chi connectivity index (χ3n) is 3.23. The van der Waals surface area contributed by atoms with Crippen LogP contribution in [-0.2, 0) is 9.59 Å². The predicted molar refractivity (Wildman–Crippen MR) is 78.5 cm³/mol. The number of alkyl halides is 1. The zero-order chi connectivity index (χ0) is 14.0. The lowest BCUT2D eigenvalue weighted by atomic mass is 10.1. The largest absolute Gasteiger partial charge is 0.341 e. The molecule has 1 atom stereocenters. The summed E-state index contributed by atoms with van der Waals surface area (Å²) >= 11 is 3.38. The van der Waals surface area contributed by atoms with Gasteiger partial charge in [0.1, 0.15) is 6.04 Å². The Morgan fingerprint density at radius 2 is 2.21 bits per heavy atom. The van der Waals surface area contributed by atoms with Crippen LogP contribution in [-0.4, -0.2) is 23.7 Å². The molecule has 1 heterocycles. The lowest BCUT2D eigenvalue weighted by Gasteiger charge is -2.19. The van der Waals surface area contributed by atoms with Gasteiger partial charge in [0.2, 0.25) is 5.91 Å². The smallest absolute Gasteiger partial charge is 0.254 e. The molecule has 0 saturated carbocycles. The van der Waals surface area contributed by atoms with Gasteiger partial charge in [-0.1, -0.05) is 34.1 Å². The molecule has 0 aromatic heterocycles. The Labute approximate surface area is 121 Å². The van der Waals surface area contributed by atoms with Crippen LogP contribution in [0.1, 0.15) is 30.5 Å². The van der Waals surface area contributed by atoms with Crippen molar-refractivity contribution >= 4 is 33.4 Å². The van der Waals surface area contributed by atoms with E-state index in [4.69, 9.17) is 0 Å². The van der Waals surface area contributed by atoms with E-state index < -0.39 is 6.04 Å². The number of aryl methyl sites for hydroxylation is 1. The fraction of sp³-hybridized carbons (Fsp3) is 0.429. The molecule has 4 nitrogen and oxygen atoms in total. The summed E-state index contributed by atoms with van der Waals surface area (Å²) in [6.45, 7) is 4.09. The van der Waals surface area contributed by atoms with Crippen molar-refractivity contribution in [3.8, 4) is 0 Å². The zero-order valence-corrected chi connectivity index (χ0v) is 12.7. The van der Waals surface area contributed by atoms with E-state index in [1.807, 2.05) is 25.1 Å². The standard InChI is InChI=1S/C14H17BrN2O2/c1-9-5-3-6-11-12(16-10(2)18)14(19)17(13(9)11)8-4-7-15/h3,5-6,12H,4,7-8H2,1-2H3,(H,16,18). The summed E-state index contributed by atoms with van der Waals surface area (Å²) in [5.41, 5.74) is 2.91. The second-order valence-corrected chi connectivity index (χ2v) is 5.47. The molecule has 2 amide bonds. The monoisotopic (exact) mass is 324 g/mol. The van der Waals surface area contributed by atoms with Gasteiger partial charge < -0.3 is 10.2 Å². The van der Waals surface area contributed by atoms with Gasteiger partial charge in [0.15, 0.2) is 0 Å². The molecule has 1 aromatic carbocycles. The fourth-order valence-electron chi connectivity index (χ4n) is 2.46. The number of amides is 2. The molecule has 2 rings (SSSR count). The van der Waals surface area contributed by atoms with Crippen LogP contribution in [0.2, 0.25) is 0 Å². The highest BCUT2D eigenvalue weighted by molar-refractivity contribution is 9.09. The number of carbonyl (C=O) groups excluding carboxylic acids is 2. The molecule has 1 aliphatic heterocycles. The van der Waals surface area contributed by atoms with E-state index in [9.17, 15) is 9.59 Å². The van der Waals surface area contributed by atoms with Gasteiger partial charge in [-0.3, -0.25) is 9.59 Å². The quantitative estimate of drug-likeness (QED) is 0.864. The first-order valence-corrected chi connectivity index (χ1v) is 7.42. The minimum absolute atomic E-state index is 0.0412. The van der Waals surface area contributed by atoms with Crippen molar-refractivity contribution in [3.05, 3.63) is 29.3 Å².